The summed E-state index contributed by atoms with van der Waals surface area (Å²) < 4.78 is 5.07. The summed E-state index contributed by atoms with van der Waals surface area (Å²) in [7, 11) is 0. The number of H-pyrrole nitrogens is 1. The number of aromatic amines is 1. The molecule has 1 amide bonds. The second-order valence-corrected chi connectivity index (χ2v) is 3.75. The summed E-state index contributed by atoms with van der Waals surface area (Å²) in [4.78, 5) is 11.9. The minimum atomic E-state index is -0.221. The molecule has 0 fully saturated rings. The maximum absolute atomic E-state index is 11.9. The van der Waals surface area contributed by atoms with Crippen LogP contribution in [0.15, 0.2) is 47.3 Å². The second kappa shape index (κ2) is 4.73. The normalized spacial score (nSPS) is 10.3. The molecular weight excluding hydrogens is 246 g/mol. The van der Waals surface area contributed by atoms with Crippen molar-refractivity contribution in [2.45, 2.75) is 0 Å². The molecule has 7 heteroatoms. The van der Waals surface area contributed by atoms with E-state index in [0.717, 1.165) is 5.56 Å². The number of benzene rings is 1. The number of rotatable bonds is 3. The minimum absolute atomic E-state index is 0.221. The van der Waals surface area contributed by atoms with Crippen LogP contribution in [-0.4, -0.2) is 26.3 Å². The van der Waals surface area contributed by atoms with Crippen molar-refractivity contribution >= 4 is 11.7 Å². The van der Waals surface area contributed by atoms with Crippen LogP contribution in [-0.2, 0) is 0 Å². The SMILES string of the molecule is O=C(Nc1ccn[nH]1)c1ccc(-c2nnco2)cc1. The predicted molar refractivity (Wildman–Crippen MR) is 66.3 cm³/mol. The molecule has 0 aliphatic rings. The van der Waals surface area contributed by atoms with Crippen molar-refractivity contribution in [3.05, 3.63) is 48.5 Å². The van der Waals surface area contributed by atoms with Crippen molar-refractivity contribution in [1.29, 1.82) is 0 Å². The van der Waals surface area contributed by atoms with Crippen molar-refractivity contribution in [3.63, 3.8) is 0 Å². The fraction of sp³-hybridized carbons (Fsp3) is 0. The molecule has 0 atom stereocenters. The molecule has 0 bridgehead atoms. The Morgan fingerprint density at radius 3 is 2.68 bits per heavy atom. The van der Waals surface area contributed by atoms with Gasteiger partial charge in [0.2, 0.25) is 12.3 Å². The summed E-state index contributed by atoms with van der Waals surface area (Å²) in [5.74, 6) is 0.743. The number of nitrogens with zero attached hydrogens (tertiary/aromatic N) is 3. The lowest BCUT2D eigenvalue weighted by Gasteiger charge is -2.02. The number of hydrogen-bond donors (Lipinski definition) is 2. The van der Waals surface area contributed by atoms with Crippen LogP contribution in [0.25, 0.3) is 11.5 Å². The van der Waals surface area contributed by atoms with Gasteiger partial charge < -0.3 is 9.73 Å². The van der Waals surface area contributed by atoms with Crippen LogP contribution in [0, 0.1) is 0 Å². The summed E-state index contributed by atoms with van der Waals surface area (Å²) in [6, 6.07) is 8.53. The van der Waals surface area contributed by atoms with Crippen LogP contribution in [0.4, 0.5) is 5.82 Å². The molecule has 3 aromatic rings. The van der Waals surface area contributed by atoms with Crippen LogP contribution in [0.5, 0.6) is 0 Å². The molecule has 2 N–H and O–H groups in total. The van der Waals surface area contributed by atoms with Gasteiger partial charge in [-0.3, -0.25) is 9.89 Å². The number of carbonyl (C=O) groups excluding carboxylic acids is 1. The molecular formula is C12H9N5O2. The number of anilines is 1. The highest BCUT2D eigenvalue weighted by atomic mass is 16.4. The molecule has 0 aliphatic carbocycles. The third-order valence-corrected chi connectivity index (χ3v) is 2.50. The zero-order chi connectivity index (χ0) is 13.1. The summed E-state index contributed by atoms with van der Waals surface area (Å²) >= 11 is 0. The standard InChI is InChI=1S/C12H9N5O2/c18-11(15-10-5-6-13-16-10)8-1-3-9(4-2-8)12-17-14-7-19-12/h1-7H,(H2,13,15,16,18). The third kappa shape index (κ3) is 2.34. The number of aromatic nitrogens is 4. The Balaban J connectivity index is 1.77. The molecule has 2 heterocycles. The Kier molecular flexibility index (Phi) is 2.77. The maximum Gasteiger partial charge on any atom is 0.256 e. The average molecular weight is 255 g/mol. The second-order valence-electron chi connectivity index (χ2n) is 3.75. The predicted octanol–water partition coefficient (Wildman–Crippen LogP) is 1.71. The number of hydrogen-bond acceptors (Lipinski definition) is 5. The summed E-state index contributed by atoms with van der Waals surface area (Å²) in [5, 5.41) is 16.5. The lowest BCUT2D eigenvalue weighted by molar-refractivity contribution is 0.102. The van der Waals surface area contributed by atoms with E-state index in [2.05, 4.69) is 25.7 Å². The van der Waals surface area contributed by atoms with Crippen molar-refractivity contribution < 1.29 is 9.21 Å². The molecule has 0 saturated carbocycles. The molecule has 0 spiro atoms. The molecule has 2 aromatic heterocycles. The fourth-order valence-corrected chi connectivity index (χ4v) is 1.58. The number of nitrogens with one attached hydrogen (secondary N) is 2. The summed E-state index contributed by atoms with van der Waals surface area (Å²) in [5.41, 5.74) is 1.29. The van der Waals surface area contributed by atoms with Gasteiger partial charge >= 0.3 is 0 Å². The largest absolute Gasteiger partial charge is 0.423 e. The van der Waals surface area contributed by atoms with E-state index in [1.54, 1.807) is 36.5 Å². The Hall–Kier alpha value is -2.96. The van der Waals surface area contributed by atoms with E-state index in [-0.39, 0.29) is 5.91 Å². The topological polar surface area (TPSA) is 96.7 Å². The van der Waals surface area contributed by atoms with Crippen LogP contribution >= 0.6 is 0 Å². The molecule has 19 heavy (non-hydrogen) atoms. The van der Waals surface area contributed by atoms with Gasteiger partial charge in [-0.2, -0.15) is 5.10 Å². The zero-order valence-electron chi connectivity index (χ0n) is 9.70. The first-order chi connectivity index (χ1) is 9.33. The number of carbonyl (C=O) groups is 1. The van der Waals surface area contributed by atoms with Gasteiger partial charge in [0.15, 0.2) is 0 Å². The van der Waals surface area contributed by atoms with Gasteiger partial charge in [-0.1, -0.05) is 0 Å². The first-order valence-corrected chi connectivity index (χ1v) is 5.50. The highest BCUT2D eigenvalue weighted by molar-refractivity contribution is 6.03. The molecule has 3 rings (SSSR count). The Labute approximate surface area is 107 Å². The Morgan fingerprint density at radius 1 is 1.21 bits per heavy atom. The number of amides is 1. The van der Waals surface area contributed by atoms with Gasteiger partial charge in [-0.15, -0.1) is 10.2 Å². The third-order valence-electron chi connectivity index (χ3n) is 2.50. The quantitative estimate of drug-likeness (QED) is 0.742. The van der Waals surface area contributed by atoms with Gasteiger partial charge in [-0.05, 0) is 24.3 Å². The molecule has 0 unspecified atom stereocenters. The lowest BCUT2D eigenvalue weighted by Crippen LogP contribution is -2.11. The molecule has 0 saturated heterocycles. The van der Waals surface area contributed by atoms with Gasteiger partial charge in [0.1, 0.15) is 5.82 Å². The van der Waals surface area contributed by atoms with Crippen molar-refractivity contribution in [1.82, 2.24) is 20.4 Å². The van der Waals surface area contributed by atoms with Gasteiger partial charge in [0.25, 0.3) is 5.91 Å². The summed E-state index contributed by atoms with van der Waals surface area (Å²) in [6.07, 6.45) is 2.82. The van der Waals surface area contributed by atoms with E-state index in [9.17, 15) is 4.79 Å². The van der Waals surface area contributed by atoms with Crippen LogP contribution in [0.3, 0.4) is 0 Å². The van der Waals surface area contributed by atoms with E-state index >= 15 is 0 Å². The van der Waals surface area contributed by atoms with Crippen molar-refractivity contribution in [2.24, 2.45) is 0 Å². The van der Waals surface area contributed by atoms with Crippen molar-refractivity contribution in [2.75, 3.05) is 5.32 Å². The maximum atomic E-state index is 11.9. The zero-order valence-corrected chi connectivity index (χ0v) is 9.70. The van der Waals surface area contributed by atoms with E-state index in [1.807, 2.05) is 0 Å². The molecule has 1 aromatic carbocycles. The molecule has 0 radical (unpaired) electrons. The van der Waals surface area contributed by atoms with Crippen molar-refractivity contribution in [3.8, 4) is 11.5 Å². The van der Waals surface area contributed by atoms with Gasteiger partial charge in [-0.25, -0.2) is 0 Å². The van der Waals surface area contributed by atoms with Gasteiger partial charge in [0, 0.05) is 17.2 Å². The molecule has 7 nitrogen and oxygen atoms in total. The van der Waals surface area contributed by atoms with Gasteiger partial charge in [0.05, 0.1) is 6.20 Å². The molecule has 0 aliphatic heterocycles. The average Bonchev–Trinajstić information content (AvgIpc) is 3.12. The Bertz CT molecular complexity index is 659. The minimum Gasteiger partial charge on any atom is -0.423 e. The molecule has 94 valence electrons. The van der Waals surface area contributed by atoms with E-state index in [1.165, 1.54) is 6.39 Å². The first kappa shape index (κ1) is 11.1. The van der Waals surface area contributed by atoms with Crippen LogP contribution in [0.1, 0.15) is 10.4 Å². The van der Waals surface area contributed by atoms with E-state index in [0.29, 0.717) is 17.3 Å². The van der Waals surface area contributed by atoms with Crippen LogP contribution < -0.4 is 5.32 Å². The first-order valence-electron chi connectivity index (χ1n) is 5.50. The summed E-state index contributed by atoms with van der Waals surface area (Å²) in [6.45, 7) is 0. The van der Waals surface area contributed by atoms with E-state index in [4.69, 9.17) is 4.42 Å². The van der Waals surface area contributed by atoms with Crippen LogP contribution in [0.2, 0.25) is 0 Å². The lowest BCUT2D eigenvalue weighted by atomic mass is 10.1. The van der Waals surface area contributed by atoms with E-state index < -0.39 is 0 Å². The highest BCUT2D eigenvalue weighted by Crippen LogP contribution is 2.17. The smallest absolute Gasteiger partial charge is 0.256 e. The Morgan fingerprint density at radius 2 is 2.05 bits per heavy atom. The highest BCUT2D eigenvalue weighted by Gasteiger charge is 2.08. The fourth-order valence-electron chi connectivity index (χ4n) is 1.58. The monoisotopic (exact) mass is 255 g/mol.